The van der Waals surface area contributed by atoms with E-state index >= 15 is 0 Å². The summed E-state index contributed by atoms with van der Waals surface area (Å²) < 4.78 is 5.64. The van der Waals surface area contributed by atoms with Gasteiger partial charge in [0.15, 0.2) is 6.10 Å². The van der Waals surface area contributed by atoms with Crippen molar-refractivity contribution in [3.8, 4) is 5.75 Å². The van der Waals surface area contributed by atoms with E-state index in [1.807, 2.05) is 0 Å². The van der Waals surface area contributed by atoms with E-state index in [0.29, 0.717) is 10.8 Å². The van der Waals surface area contributed by atoms with Crippen molar-refractivity contribution >= 4 is 33.4 Å². The fourth-order valence-corrected chi connectivity index (χ4v) is 2.56. The van der Waals surface area contributed by atoms with Gasteiger partial charge < -0.3 is 10.1 Å². The zero-order valence-corrected chi connectivity index (χ0v) is 15.3. The molecule has 118 valence electrons. The molecule has 5 heteroatoms. The van der Waals surface area contributed by atoms with Gasteiger partial charge >= 0.3 is 0 Å². The molecule has 0 aromatic heterocycles. The van der Waals surface area contributed by atoms with E-state index in [1.54, 1.807) is 31.2 Å². The molecule has 1 aromatic carbocycles. The van der Waals surface area contributed by atoms with Crippen molar-refractivity contribution in [2.24, 2.45) is 5.41 Å². The summed E-state index contributed by atoms with van der Waals surface area (Å²) in [5, 5.41) is 4.50. The lowest BCUT2D eigenvalue weighted by atomic mass is 9.85. The van der Waals surface area contributed by atoms with Crippen molar-refractivity contribution in [1.82, 2.24) is 5.32 Å². The van der Waals surface area contributed by atoms with Gasteiger partial charge in [-0.05, 0) is 37.0 Å². The van der Waals surface area contributed by atoms with E-state index in [1.165, 1.54) is 0 Å². The van der Waals surface area contributed by atoms with Gasteiger partial charge in [0.2, 0.25) is 0 Å². The van der Waals surface area contributed by atoms with Gasteiger partial charge in [-0.15, -0.1) is 0 Å². The lowest BCUT2D eigenvalue weighted by Gasteiger charge is -2.32. The van der Waals surface area contributed by atoms with Crippen molar-refractivity contribution in [2.75, 3.05) is 5.33 Å². The molecule has 1 amide bonds. The van der Waals surface area contributed by atoms with Crippen LogP contribution in [-0.2, 0) is 4.79 Å². The zero-order valence-electron chi connectivity index (χ0n) is 13.0. The topological polar surface area (TPSA) is 38.3 Å². The molecule has 0 aliphatic carbocycles. The summed E-state index contributed by atoms with van der Waals surface area (Å²) in [5.41, 5.74) is -0.000789. The summed E-state index contributed by atoms with van der Waals surface area (Å²) in [6.07, 6.45) is 0.308. The second-order valence-corrected chi connectivity index (χ2v) is 7.35. The Balaban J connectivity index is 2.65. The van der Waals surface area contributed by atoms with E-state index in [9.17, 15) is 4.79 Å². The molecule has 0 heterocycles. The van der Waals surface area contributed by atoms with Gasteiger partial charge in [0, 0.05) is 16.4 Å². The van der Waals surface area contributed by atoms with Crippen LogP contribution in [0.15, 0.2) is 24.3 Å². The average molecular weight is 377 g/mol. The minimum atomic E-state index is -0.566. The second-order valence-electron chi connectivity index (χ2n) is 6.12. The predicted molar refractivity (Wildman–Crippen MR) is 91.3 cm³/mol. The van der Waals surface area contributed by atoms with Crippen LogP contribution in [0.3, 0.4) is 0 Å². The van der Waals surface area contributed by atoms with Gasteiger partial charge in [-0.25, -0.2) is 0 Å². The van der Waals surface area contributed by atoms with Crippen molar-refractivity contribution in [1.29, 1.82) is 0 Å². The number of amides is 1. The lowest BCUT2D eigenvalue weighted by molar-refractivity contribution is -0.128. The number of hydrogen-bond acceptors (Lipinski definition) is 2. The van der Waals surface area contributed by atoms with Crippen molar-refractivity contribution in [3.63, 3.8) is 0 Å². The number of halogens is 2. The average Bonchev–Trinajstić information content (AvgIpc) is 2.37. The van der Waals surface area contributed by atoms with Crippen LogP contribution in [0, 0.1) is 5.41 Å². The third-order valence-corrected chi connectivity index (χ3v) is 3.93. The first-order valence-electron chi connectivity index (χ1n) is 7.02. The van der Waals surface area contributed by atoms with E-state index in [-0.39, 0.29) is 17.4 Å². The predicted octanol–water partition coefficient (Wildman–Crippen LogP) is 4.42. The maximum atomic E-state index is 12.3. The van der Waals surface area contributed by atoms with Gasteiger partial charge in [0.1, 0.15) is 5.75 Å². The number of ether oxygens (including phenoxy) is 1. The third-order valence-electron chi connectivity index (χ3n) is 3.24. The SMILES string of the molecule is CC(Oc1cccc(Cl)c1)C(=O)NC(CCBr)C(C)(C)C. The molecule has 2 atom stereocenters. The second kappa shape index (κ2) is 8.04. The van der Waals surface area contributed by atoms with Crippen LogP contribution in [0.5, 0.6) is 5.75 Å². The Bertz CT molecular complexity index is 474. The maximum absolute atomic E-state index is 12.3. The molecule has 0 saturated carbocycles. The molecule has 0 spiro atoms. The monoisotopic (exact) mass is 375 g/mol. The number of nitrogens with one attached hydrogen (secondary N) is 1. The number of carbonyl (C=O) groups is 1. The van der Waals surface area contributed by atoms with E-state index in [2.05, 4.69) is 42.0 Å². The molecular formula is C16H23BrClNO2. The van der Waals surface area contributed by atoms with Crippen LogP contribution in [0.2, 0.25) is 5.02 Å². The maximum Gasteiger partial charge on any atom is 0.261 e. The standard InChI is InChI=1S/C16H23BrClNO2/c1-11(21-13-7-5-6-12(18)10-13)15(20)19-14(8-9-17)16(2,3)4/h5-7,10-11,14H,8-9H2,1-4H3,(H,19,20). The highest BCUT2D eigenvalue weighted by atomic mass is 79.9. The van der Waals surface area contributed by atoms with Crippen LogP contribution in [0.25, 0.3) is 0 Å². The molecule has 1 N–H and O–H groups in total. The van der Waals surface area contributed by atoms with Crippen LogP contribution < -0.4 is 10.1 Å². The molecule has 0 aliphatic heterocycles. The Kier molecular flexibility index (Phi) is 7.01. The molecule has 1 rings (SSSR count). The first-order valence-corrected chi connectivity index (χ1v) is 8.52. The highest BCUT2D eigenvalue weighted by Gasteiger charge is 2.27. The number of carbonyl (C=O) groups excluding carboxylic acids is 1. The van der Waals surface area contributed by atoms with Gasteiger partial charge in [-0.3, -0.25) is 4.79 Å². The number of hydrogen-bond donors (Lipinski definition) is 1. The Morgan fingerprint density at radius 3 is 2.62 bits per heavy atom. The van der Waals surface area contributed by atoms with Gasteiger partial charge in [0.05, 0.1) is 0 Å². The summed E-state index contributed by atoms with van der Waals surface area (Å²) in [6, 6.07) is 7.14. The Labute approximate surface area is 140 Å². The molecule has 21 heavy (non-hydrogen) atoms. The Morgan fingerprint density at radius 1 is 1.43 bits per heavy atom. The van der Waals surface area contributed by atoms with Crippen molar-refractivity contribution < 1.29 is 9.53 Å². The van der Waals surface area contributed by atoms with Crippen molar-refractivity contribution in [3.05, 3.63) is 29.3 Å². The zero-order chi connectivity index (χ0) is 16.0. The van der Waals surface area contributed by atoms with Crippen LogP contribution in [-0.4, -0.2) is 23.4 Å². The first kappa shape index (κ1) is 18.3. The summed E-state index contributed by atoms with van der Waals surface area (Å²) in [4.78, 5) is 12.3. The highest BCUT2D eigenvalue weighted by molar-refractivity contribution is 9.09. The molecule has 0 saturated heterocycles. The summed E-state index contributed by atoms with van der Waals surface area (Å²) >= 11 is 9.34. The number of alkyl halides is 1. The molecule has 2 unspecified atom stereocenters. The fourth-order valence-electron chi connectivity index (χ4n) is 1.92. The van der Waals surface area contributed by atoms with E-state index in [0.717, 1.165) is 11.8 Å². The largest absolute Gasteiger partial charge is 0.481 e. The minimum absolute atomic E-state index is 0.000789. The number of rotatable bonds is 6. The summed E-state index contributed by atoms with van der Waals surface area (Å²) in [5.74, 6) is 0.480. The molecular weight excluding hydrogens is 354 g/mol. The van der Waals surface area contributed by atoms with Crippen LogP contribution in [0.4, 0.5) is 0 Å². The quantitative estimate of drug-likeness (QED) is 0.746. The molecule has 0 aliphatic rings. The molecule has 3 nitrogen and oxygen atoms in total. The van der Waals surface area contributed by atoms with E-state index in [4.69, 9.17) is 16.3 Å². The molecule has 0 radical (unpaired) electrons. The highest BCUT2D eigenvalue weighted by Crippen LogP contribution is 2.23. The van der Waals surface area contributed by atoms with Crippen molar-refractivity contribution in [2.45, 2.75) is 46.3 Å². The Hall–Kier alpha value is -0.740. The number of benzene rings is 1. The van der Waals surface area contributed by atoms with Crippen LogP contribution >= 0.6 is 27.5 Å². The van der Waals surface area contributed by atoms with Gasteiger partial charge in [-0.1, -0.05) is 54.4 Å². The molecule has 1 aromatic rings. The lowest BCUT2D eigenvalue weighted by Crippen LogP contribution is -2.48. The normalized spacial score (nSPS) is 14.4. The third kappa shape index (κ3) is 6.27. The summed E-state index contributed by atoms with van der Waals surface area (Å²) in [7, 11) is 0. The van der Waals surface area contributed by atoms with Gasteiger partial charge in [0.25, 0.3) is 5.91 Å². The Morgan fingerprint density at radius 2 is 2.10 bits per heavy atom. The molecule has 0 bridgehead atoms. The van der Waals surface area contributed by atoms with Gasteiger partial charge in [-0.2, -0.15) is 0 Å². The fraction of sp³-hybridized carbons (Fsp3) is 0.562. The molecule has 0 fully saturated rings. The summed E-state index contributed by atoms with van der Waals surface area (Å²) in [6.45, 7) is 8.08. The van der Waals surface area contributed by atoms with Crippen LogP contribution in [0.1, 0.15) is 34.1 Å². The minimum Gasteiger partial charge on any atom is -0.481 e. The first-order chi connectivity index (χ1) is 9.74. The van der Waals surface area contributed by atoms with E-state index < -0.39 is 6.10 Å². The smallest absolute Gasteiger partial charge is 0.261 e.